The Bertz CT molecular complexity index is 627. The summed E-state index contributed by atoms with van der Waals surface area (Å²) in [5.74, 6) is 1.55. The van der Waals surface area contributed by atoms with Crippen molar-refractivity contribution in [2.45, 2.75) is 32.0 Å². The number of fused-ring (bicyclic) bond motifs is 1. The Labute approximate surface area is 124 Å². The van der Waals surface area contributed by atoms with Crippen molar-refractivity contribution in [1.82, 2.24) is 4.98 Å². The molecule has 4 heteroatoms. The number of hydrogen-bond donors (Lipinski definition) is 1. The monoisotopic (exact) mass is 285 g/mol. The molecule has 0 spiro atoms. The van der Waals surface area contributed by atoms with Crippen LogP contribution in [-0.2, 0) is 12.8 Å². The van der Waals surface area contributed by atoms with Crippen LogP contribution in [-0.4, -0.2) is 23.3 Å². The Hall–Kier alpha value is -2.07. The molecule has 0 amide bonds. The van der Waals surface area contributed by atoms with Crippen molar-refractivity contribution in [3.63, 3.8) is 0 Å². The highest BCUT2D eigenvalue weighted by Crippen LogP contribution is 2.38. The zero-order valence-electron chi connectivity index (χ0n) is 12.2. The maximum atomic E-state index is 10.5. The lowest BCUT2D eigenvalue weighted by Crippen LogP contribution is -2.06. The molecule has 0 saturated heterocycles. The number of methoxy groups -OCH3 is 1. The lowest BCUT2D eigenvalue weighted by molar-refractivity contribution is 0.172. The van der Waals surface area contributed by atoms with E-state index >= 15 is 0 Å². The summed E-state index contributed by atoms with van der Waals surface area (Å²) in [6, 6.07) is 9.55. The Morgan fingerprint density at radius 2 is 2.29 bits per heavy atom. The van der Waals surface area contributed by atoms with Crippen LogP contribution < -0.4 is 9.47 Å². The largest absolute Gasteiger partial charge is 0.496 e. The molecule has 4 nitrogen and oxygen atoms in total. The van der Waals surface area contributed by atoms with E-state index in [-0.39, 0.29) is 6.10 Å². The summed E-state index contributed by atoms with van der Waals surface area (Å²) >= 11 is 0. The average molecular weight is 285 g/mol. The molecule has 2 aromatic rings. The van der Waals surface area contributed by atoms with Gasteiger partial charge in [-0.3, -0.25) is 4.98 Å². The fraction of sp³-hybridized carbons (Fsp3) is 0.353. The Morgan fingerprint density at radius 1 is 1.43 bits per heavy atom. The Morgan fingerprint density at radius 3 is 3.00 bits per heavy atom. The molecule has 0 bridgehead atoms. The normalized spacial score (nSPS) is 18.0. The van der Waals surface area contributed by atoms with Crippen molar-refractivity contribution in [2.24, 2.45) is 0 Å². The van der Waals surface area contributed by atoms with E-state index in [9.17, 15) is 5.11 Å². The molecule has 2 unspecified atom stereocenters. The smallest absolute Gasteiger partial charge is 0.125 e. The second kappa shape index (κ2) is 5.74. The van der Waals surface area contributed by atoms with E-state index in [4.69, 9.17) is 9.47 Å². The molecule has 21 heavy (non-hydrogen) atoms. The summed E-state index contributed by atoms with van der Waals surface area (Å²) in [7, 11) is 1.62. The minimum atomic E-state index is -0.667. The van der Waals surface area contributed by atoms with Gasteiger partial charge in [-0.05, 0) is 31.2 Å². The van der Waals surface area contributed by atoms with E-state index in [0.29, 0.717) is 12.2 Å². The van der Waals surface area contributed by atoms with Gasteiger partial charge in [0, 0.05) is 35.9 Å². The number of hydrogen-bond acceptors (Lipinski definition) is 4. The van der Waals surface area contributed by atoms with Gasteiger partial charge in [0.05, 0.1) is 13.2 Å². The minimum absolute atomic E-state index is 0.174. The van der Waals surface area contributed by atoms with E-state index < -0.39 is 6.10 Å². The van der Waals surface area contributed by atoms with Gasteiger partial charge in [-0.15, -0.1) is 0 Å². The Balaban J connectivity index is 1.89. The van der Waals surface area contributed by atoms with E-state index in [1.807, 2.05) is 37.3 Å². The first-order valence-electron chi connectivity index (χ1n) is 7.13. The number of aliphatic hydroxyl groups is 1. The van der Waals surface area contributed by atoms with Crippen LogP contribution >= 0.6 is 0 Å². The van der Waals surface area contributed by atoms with Crippen LogP contribution in [0.1, 0.15) is 29.8 Å². The van der Waals surface area contributed by atoms with Gasteiger partial charge in [-0.1, -0.05) is 6.07 Å². The maximum Gasteiger partial charge on any atom is 0.125 e. The quantitative estimate of drug-likeness (QED) is 0.938. The molecular weight excluding hydrogens is 266 g/mol. The maximum absolute atomic E-state index is 10.5. The third-order valence-corrected chi connectivity index (χ3v) is 3.74. The topological polar surface area (TPSA) is 51.6 Å². The van der Waals surface area contributed by atoms with Gasteiger partial charge in [0.2, 0.25) is 0 Å². The van der Waals surface area contributed by atoms with Crippen LogP contribution in [0.2, 0.25) is 0 Å². The van der Waals surface area contributed by atoms with E-state index in [1.165, 1.54) is 0 Å². The van der Waals surface area contributed by atoms with Crippen LogP contribution in [0.5, 0.6) is 11.5 Å². The molecule has 1 aliphatic heterocycles. The first-order valence-corrected chi connectivity index (χ1v) is 7.13. The molecule has 0 radical (unpaired) electrons. The molecule has 110 valence electrons. The van der Waals surface area contributed by atoms with Crippen molar-refractivity contribution < 1.29 is 14.6 Å². The number of benzene rings is 1. The summed E-state index contributed by atoms with van der Waals surface area (Å²) in [4.78, 5) is 4.25. The van der Waals surface area contributed by atoms with Gasteiger partial charge in [-0.2, -0.15) is 0 Å². The highest BCUT2D eigenvalue weighted by molar-refractivity contribution is 5.49. The van der Waals surface area contributed by atoms with Crippen molar-refractivity contribution in [3.8, 4) is 11.5 Å². The lowest BCUT2D eigenvalue weighted by atomic mass is 10.00. The summed E-state index contributed by atoms with van der Waals surface area (Å²) in [6.07, 6.45) is 2.56. The zero-order valence-corrected chi connectivity index (χ0v) is 12.2. The Kier molecular flexibility index (Phi) is 3.80. The van der Waals surface area contributed by atoms with Crippen LogP contribution in [0.4, 0.5) is 0 Å². The van der Waals surface area contributed by atoms with Crippen LogP contribution in [0.15, 0.2) is 36.5 Å². The SMILES string of the molecule is COc1cc2c(cc1C(O)Cc1ccccn1)OC(C)C2. The number of ether oxygens (including phenoxy) is 2. The van der Waals surface area contributed by atoms with Crippen molar-refractivity contribution in [3.05, 3.63) is 53.3 Å². The molecule has 1 aromatic carbocycles. The number of aliphatic hydroxyl groups excluding tert-OH is 1. The van der Waals surface area contributed by atoms with Gasteiger partial charge >= 0.3 is 0 Å². The van der Waals surface area contributed by atoms with Crippen LogP contribution in [0.3, 0.4) is 0 Å². The van der Waals surface area contributed by atoms with Crippen molar-refractivity contribution >= 4 is 0 Å². The average Bonchev–Trinajstić information content (AvgIpc) is 2.85. The van der Waals surface area contributed by atoms with E-state index in [1.54, 1.807) is 13.3 Å². The third-order valence-electron chi connectivity index (χ3n) is 3.74. The summed E-state index contributed by atoms with van der Waals surface area (Å²) in [6.45, 7) is 2.04. The summed E-state index contributed by atoms with van der Waals surface area (Å²) in [5.41, 5.74) is 2.73. The van der Waals surface area contributed by atoms with E-state index in [2.05, 4.69) is 4.98 Å². The predicted octanol–water partition coefficient (Wildman–Crippen LogP) is 2.69. The minimum Gasteiger partial charge on any atom is -0.496 e. The summed E-state index contributed by atoms with van der Waals surface area (Å²) in [5, 5.41) is 10.5. The second-order valence-corrected chi connectivity index (χ2v) is 5.38. The van der Waals surface area contributed by atoms with Crippen molar-refractivity contribution in [1.29, 1.82) is 0 Å². The lowest BCUT2D eigenvalue weighted by Gasteiger charge is -2.16. The van der Waals surface area contributed by atoms with Gasteiger partial charge in [-0.25, -0.2) is 0 Å². The third kappa shape index (κ3) is 2.85. The standard InChI is InChI=1S/C17H19NO3/c1-11-7-12-8-17(20-2)14(10-16(12)21-11)15(19)9-13-5-3-4-6-18-13/h3-6,8,10-11,15,19H,7,9H2,1-2H3. The van der Waals surface area contributed by atoms with Crippen molar-refractivity contribution in [2.75, 3.05) is 7.11 Å². The number of rotatable bonds is 4. The zero-order chi connectivity index (χ0) is 14.8. The predicted molar refractivity (Wildman–Crippen MR) is 79.7 cm³/mol. The molecule has 2 heterocycles. The van der Waals surface area contributed by atoms with Gasteiger partial charge in [0.1, 0.15) is 17.6 Å². The fourth-order valence-corrected chi connectivity index (χ4v) is 2.72. The molecule has 1 aromatic heterocycles. The first kappa shape index (κ1) is 13.9. The molecule has 2 atom stereocenters. The molecule has 0 fully saturated rings. The van der Waals surface area contributed by atoms with Gasteiger partial charge in [0.15, 0.2) is 0 Å². The molecule has 0 saturated carbocycles. The summed E-state index contributed by atoms with van der Waals surface area (Å²) < 4.78 is 11.2. The molecule has 0 aliphatic carbocycles. The molecule has 1 N–H and O–H groups in total. The number of nitrogens with zero attached hydrogens (tertiary/aromatic N) is 1. The van der Waals surface area contributed by atoms with Gasteiger partial charge < -0.3 is 14.6 Å². The van der Waals surface area contributed by atoms with Crippen LogP contribution in [0.25, 0.3) is 0 Å². The fourth-order valence-electron chi connectivity index (χ4n) is 2.72. The highest BCUT2D eigenvalue weighted by atomic mass is 16.5. The highest BCUT2D eigenvalue weighted by Gasteiger charge is 2.24. The van der Waals surface area contributed by atoms with E-state index in [0.717, 1.165) is 29.0 Å². The molecule has 1 aliphatic rings. The molecule has 3 rings (SSSR count). The first-order chi connectivity index (χ1) is 10.2. The molecular formula is C17H19NO3. The number of aromatic nitrogens is 1. The van der Waals surface area contributed by atoms with Gasteiger partial charge in [0.25, 0.3) is 0 Å². The van der Waals surface area contributed by atoms with Crippen LogP contribution in [0, 0.1) is 0 Å². The second-order valence-electron chi connectivity index (χ2n) is 5.38. The number of pyridine rings is 1.